The van der Waals surface area contributed by atoms with Gasteiger partial charge < -0.3 is 5.32 Å². The maximum Gasteiger partial charge on any atom is 0.245 e. The summed E-state index contributed by atoms with van der Waals surface area (Å²) in [7, 11) is 0. The summed E-state index contributed by atoms with van der Waals surface area (Å²) in [6.07, 6.45) is -0.613. The molecule has 0 amide bonds. The molecule has 0 aliphatic carbocycles. The highest BCUT2D eigenvalue weighted by molar-refractivity contribution is 5.27. The highest BCUT2D eigenvalue weighted by atomic mass is 19.3. The van der Waals surface area contributed by atoms with Gasteiger partial charge in [0, 0.05) is 29.9 Å². The van der Waals surface area contributed by atoms with E-state index in [1.807, 2.05) is 32.0 Å². The highest BCUT2D eigenvalue weighted by Gasteiger charge is 2.35. The lowest BCUT2D eigenvalue weighted by Gasteiger charge is -2.31. The maximum atomic E-state index is 13.0. The van der Waals surface area contributed by atoms with Crippen LogP contribution in [0.3, 0.4) is 0 Å². The van der Waals surface area contributed by atoms with E-state index in [0.29, 0.717) is 6.54 Å². The van der Waals surface area contributed by atoms with Crippen molar-refractivity contribution in [3.8, 4) is 5.82 Å². The number of rotatable bonds is 6. The summed E-state index contributed by atoms with van der Waals surface area (Å²) in [4.78, 5) is 4.41. The summed E-state index contributed by atoms with van der Waals surface area (Å²) in [6.45, 7) is 9.34. The Morgan fingerprint density at radius 1 is 1.26 bits per heavy atom. The molecule has 0 saturated carbocycles. The van der Waals surface area contributed by atoms with Crippen molar-refractivity contribution in [2.45, 2.75) is 53.6 Å². The summed E-state index contributed by atoms with van der Waals surface area (Å²) >= 11 is 0. The van der Waals surface area contributed by atoms with Crippen LogP contribution in [0.4, 0.5) is 8.78 Å². The van der Waals surface area contributed by atoms with Gasteiger partial charge in [0.05, 0.1) is 5.69 Å². The number of nitrogens with zero attached hydrogens (tertiary/aromatic N) is 3. The van der Waals surface area contributed by atoms with Gasteiger partial charge in [0.15, 0.2) is 5.82 Å². The average Bonchev–Trinajstić information content (AvgIpc) is 2.83. The number of nitrogens with one attached hydrogen (secondary N) is 1. The zero-order valence-electron chi connectivity index (χ0n) is 14.3. The van der Waals surface area contributed by atoms with Crippen molar-refractivity contribution in [3.63, 3.8) is 0 Å². The van der Waals surface area contributed by atoms with Gasteiger partial charge >= 0.3 is 0 Å². The summed E-state index contributed by atoms with van der Waals surface area (Å²) in [5.41, 5.74) is 1.84. The topological polar surface area (TPSA) is 42.7 Å². The summed E-state index contributed by atoms with van der Waals surface area (Å²) < 4.78 is 27.8. The molecule has 4 nitrogen and oxygen atoms in total. The van der Waals surface area contributed by atoms with Crippen LogP contribution in [0.5, 0.6) is 0 Å². The van der Waals surface area contributed by atoms with Gasteiger partial charge in [-0.05, 0) is 38.5 Å². The molecule has 2 aromatic rings. The molecule has 23 heavy (non-hydrogen) atoms. The first kappa shape index (κ1) is 17.5. The van der Waals surface area contributed by atoms with Crippen molar-refractivity contribution in [1.82, 2.24) is 20.1 Å². The highest BCUT2D eigenvalue weighted by Crippen LogP contribution is 2.28. The third kappa shape index (κ3) is 3.93. The van der Waals surface area contributed by atoms with Gasteiger partial charge in [-0.1, -0.05) is 19.9 Å². The van der Waals surface area contributed by atoms with E-state index in [1.54, 1.807) is 31.6 Å². The molecule has 0 bridgehead atoms. The predicted molar refractivity (Wildman–Crippen MR) is 86.9 cm³/mol. The molecule has 0 fully saturated rings. The van der Waals surface area contributed by atoms with Gasteiger partial charge in [0.2, 0.25) is 6.43 Å². The van der Waals surface area contributed by atoms with Gasteiger partial charge in [-0.25, -0.2) is 18.4 Å². The number of aromatic nitrogens is 3. The second-order valence-corrected chi connectivity index (χ2v) is 6.59. The van der Waals surface area contributed by atoms with E-state index in [2.05, 4.69) is 15.4 Å². The Morgan fingerprint density at radius 2 is 1.96 bits per heavy atom. The summed E-state index contributed by atoms with van der Waals surface area (Å²) in [6, 6.07) is 5.51. The number of hydrogen-bond donors (Lipinski definition) is 1. The monoisotopic (exact) mass is 322 g/mol. The molecule has 0 spiro atoms. The van der Waals surface area contributed by atoms with Gasteiger partial charge in [0.25, 0.3) is 0 Å². The molecule has 0 aliphatic heterocycles. The molecule has 0 saturated heterocycles. The van der Waals surface area contributed by atoms with Crippen LogP contribution < -0.4 is 5.32 Å². The van der Waals surface area contributed by atoms with Crippen molar-refractivity contribution in [2.75, 3.05) is 0 Å². The predicted octanol–water partition coefficient (Wildman–Crippen LogP) is 3.65. The SMILES string of the molecule is Cc1cc(C)n(-c2ccc(CNC(C)C(C)(C)C(F)F)cn2)n1. The van der Waals surface area contributed by atoms with Crippen LogP contribution in [-0.4, -0.2) is 27.2 Å². The van der Waals surface area contributed by atoms with Gasteiger partial charge in [0.1, 0.15) is 0 Å². The summed E-state index contributed by atoms with van der Waals surface area (Å²) in [5, 5.41) is 7.54. The molecule has 2 rings (SSSR count). The van der Waals surface area contributed by atoms with Crippen molar-refractivity contribution in [3.05, 3.63) is 41.3 Å². The molecule has 0 radical (unpaired) electrons. The Labute approximate surface area is 135 Å². The maximum absolute atomic E-state index is 13.0. The van der Waals surface area contributed by atoms with Gasteiger partial charge in [-0.2, -0.15) is 5.10 Å². The van der Waals surface area contributed by atoms with Crippen molar-refractivity contribution in [2.24, 2.45) is 5.41 Å². The van der Waals surface area contributed by atoms with E-state index in [4.69, 9.17) is 0 Å². The fourth-order valence-corrected chi connectivity index (χ4v) is 2.23. The van der Waals surface area contributed by atoms with Crippen LogP contribution in [0.2, 0.25) is 0 Å². The van der Waals surface area contributed by atoms with Crippen LogP contribution in [0, 0.1) is 19.3 Å². The molecule has 0 aliphatic rings. The lowest BCUT2D eigenvalue weighted by Crippen LogP contribution is -2.43. The summed E-state index contributed by atoms with van der Waals surface area (Å²) in [5.74, 6) is 0.750. The van der Waals surface area contributed by atoms with Gasteiger partial charge in [-0.15, -0.1) is 0 Å². The number of alkyl halides is 2. The van der Waals surface area contributed by atoms with E-state index < -0.39 is 11.8 Å². The quantitative estimate of drug-likeness (QED) is 0.883. The molecule has 1 N–H and O–H groups in total. The molecule has 126 valence electrons. The molecule has 1 unspecified atom stereocenters. The Hall–Kier alpha value is -1.82. The van der Waals surface area contributed by atoms with Crippen LogP contribution in [0.1, 0.15) is 37.7 Å². The molecule has 0 aromatic carbocycles. The number of aryl methyl sites for hydroxylation is 2. The number of halogens is 2. The minimum atomic E-state index is -2.36. The second-order valence-electron chi connectivity index (χ2n) is 6.59. The van der Waals surface area contributed by atoms with Crippen LogP contribution in [-0.2, 0) is 6.54 Å². The minimum Gasteiger partial charge on any atom is -0.309 e. The Kier molecular flexibility index (Phi) is 5.14. The second kappa shape index (κ2) is 6.74. The number of hydrogen-bond acceptors (Lipinski definition) is 3. The van der Waals surface area contributed by atoms with E-state index in [9.17, 15) is 8.78 Å². The Balaban J connectivity index is 2.02. The Bertz CT molecular complexity index is 647. The van der Waals surface area contributed by atoms with E-state index >= 15 is 0 Å². The largest absolute Gasteiger partial charge is 0.309 e. The molecular formula is C17H24F2N4. The van der Waals surface area contributed by atoms with E-state index in [0.717, 1.165) is 22.8 Å². The zero-order valence-corrected chi connectivity index (χ0v) is 14.3. The van der Waals surface area contributed by atoms with Crippen molar-refractivity contribution in [1.29, 1.82) is 0 Å². The molecule has 6 heteroatoms. The van der Waals surface area contributed by atoms with Crippen LogP contribution in [0.25, 0.3) is 5.82 Å². The lowest BCUT2D eigenvalue weighted by molar-refractivity contribution is -0.00260. The van der Waals surface area contributed by atoms with Crippen LogP contribution in [0.15, 0.2) is 24.4 Å². The van der Waals surface area contributed by atoms with E-state index in [-0.39, 0.29) is 6.04 Å². The molecule has 1 atom stereocenters. The molecular weight excluding hydrogens is 298 g/mol. The lowest BCUT2D eigenvalue weighted by atomic mass is 9.86. The van der Waals surface area contributed by atoms with Gasteiger partial charge in [-0.3, -0.25) is 0 Å². The van der Waals surface area contributed by atoms with Crippen molar-refractivity contribution >= 4 is 0 Å². The first-order valence-corrected chi connectivity index (χ1v) is 7.72. The fourth-order valence-electron chi connectivity index (χ4n) is 2.23. The smallest absolute Gasteiger partial charge is 0.245 e. The first-order valence-electron chi connectivity index (χ1n) is 7.72. The average molecular weight is 322 g/mol. The normalized spacial score (nSPS) is 13.6. The third-order valence-electron chi connectivity index (χ3n) is 4.33. The molecule has 2 heterocycles. The number of pyridine rings is 1. The van der Waals surface area contributed by atoms with Crippen LogP contribution >= 0.6 is 0 Å². The standard InChI is InChI=1S/C17H24F2N4/c1-11-8-12(2)23(22-11)15-7-6-14(10-21-15)9-20-13(3)17(4,5)16(18)19/h6-8,10,13,16,20H,9H2,1-5H3. The van der Waals surface area contributed by atoms with E-state index in [1.165, 1.54) is 0 Å². The first-order chi connectivity index (χ1) is 10.7. The zero-order chi connectivity index (χ0) is 17.2. The molecule has 2 aromatic heterocycles. The minimum absolute atomic E-state index is 0.307. The fraction of sp³-hybridized carbons (Fsp3) is 0.529. The third-order valence-corrected chi connectivity index (χ3v) is 4.33. The van der Waals surface area contributed by atoms with Crippen molar-refractivity contribution < 1.29 is 8.78 Å². The Morgan fingerprint density at radius 3 is 2.43 bits per heavy atom.